The van der Waals surface area contributed by atoms with Crippen molar-refractivity contribution in [3.05, 3.63) is 0 Å². The van der Waals surface area contributed by atoms with E-state index >= 15 is 0 Å². The molecule has 0 aromatic rings. The van der Waals surface area contributed by atoms with Crippen LogP contribution in [0.3, 0.4) is 0 Å². The first-order chi connectivity index (χ1) is 7.56. The number of hydrogen-bond acceptors (Lipinski definition) is 3. The summed E-state index contributed by atoms with van der Waals surface area (Å²) in [5.74, 6) is -0.294. The molecular formula is C11H23N3O2. The van der Waals surface area contributed by atoms with Crippen LogP contribution in [-0.2, 0) is 9.59 Å². The van der Waals surface area contributed by atoms with Crippen LogP contribution in [0.2, 0.25) is 0 Å². The molecule has 0 bridgehead atoms. The van der Waals surface area contributed by atoms with Gasteiger partial charge >= 0.3 is 0 Å². The first-order valence-corrected chi connectivity index (χ1v) is 5.81. The molecule has 0 aliphatic rings. The monoisotopic (exact) mass is 229 g/mol. The van der Waals surface area contributed by atoms with Crippen molar-refractivity contribution in [3.8, 4) is 0 Å². The van der Waals surface area contributed by atoms with E-state index < -0.39 is 6.04 Å². The standard InChI is InChI=1S/C11H23N3O2/c1-4-6-9(12)11(16)14(7-5-2)8-10(15)13-3/h9H,4-8,12H2,1-3H3,(H,13,15)/t9-/m1/s1. The molecule has 0 unspecified atom stereocenters. The van der Waals surface area contributed by atoms with E-state index in [2.05, 4.69) is 5.32 Å². The highest BCUT2D eigenvalue weighted by Crippen LogP contribution is 2.01. The number of carbonyl (C=O) groups excluding carboxylic acids is 2. The number of nitrogens with two attached hydrogens (primary N) is 1. The van der Waals surface area contributed by atoms with Gasteiger partial charge in [-0.2, -0.15) is 0 Å². The third-order valence-electron chi connectivity index (χ3n) is 2.34. The zero-order valence-electron chi connectivity index (χ0n) is 10.5. The highest BCUT2D eigenvalue weighted by atomic mass is 16.2. The molecule has 0 radical (unpaired) electrons. The maximum Gasteiger partial charge on any atom is 0.239 e. The molecule has 0 fully saturated rings. The minimum atomic E-state index is -0.485. The summed E-state index contributed by atoms with van der Waals surface area (Å²) < 4.78 is 0. The minimum absolute atomic E-state index is 0.0978. The van der Waals surface area contributed by atoms with Gasteiger partial charge in [-0.05, 0) is 12.8 Å². The lowest BCUT2D eigenvalue weighted by molar-refractivity contribution is -0.137. The summed E-state index contributed by atoms with van der Waals surface area (Å²) in [6.07, 6.45) is 2.35. The van der Waals surface area contributed by atoms with Crippen molar-refractivity contribution in [2.45, 2.75) is 39.2 Å². The highest BCUT2D eigenvalue weighted by Gasteiger charge is 2.21. The zero-order valence-corrected chi connectivity index (χ0v) is 10.5. The Morgan fingerprint density at radius 1 is 1.31 bits per heavy atom. The first kappa shape index (κ1) is 14.9. The number of hydrogen-bond donors (Lipinski definition) is 2. The first-order valence-electron chi connectivity index (χ1n) is 5.81. The van der Waals surface area contributed by atoms with E-state index in [1.165, 1.54) is 4.90 Å². The summed E-state index contributed by atoms with van der Waals surface area (Å²) in [5, 5.41) is 2.51. The van der Waals surface area contributed by atoms with E-state index in [1.807, 2.05) is 13.8 Å². The Hall–Kier alpha value is -1.10. The van der Waals surface area contributed by atoms with Crippen LogP contribution < -0.4 is 11.1 Å². The second-order valence-corrected chi connectivity index (χ2v) is 3.83. The molecule has 0 aliphatic carbocycles. The Bertz CT molecular complexity index is 231. The van der Waals surface area contributed by atoms with Crippen LogP contribution >= 0.6 is 0 Å². The molecule has 0 aromatic carbocycles. The Labute approximate surface area is 97.4 Å². The fraction of sp³-hybridized carbons (Fsp3) is 0.818. The highest BCUT2D eigenvalue weighted by molar-refractivity contribution is 5.87. The average Bonchev–Trinajstić information content (AvgIpc) is 2.27. The number of nitrogens with one attached hydrogen (secondary N) is 1. The fourth-order valence-corrected chi connectivity index (χ4v) is 1.46. The van der Waals surface area contributed by atoms with E-state index in [1.54, 1.807) is 7.05 Å². The van der Waals surface area contributed by atoms with Crippen LogP contribution in [0.5, 0.6) is 0 Å². The normalized spacial score (nSPS) is 12.0. The minimum Gasteiger partial charge on any atom is -0.358 e. The molecule has 5 heteroatoms. The average molecular weight is 229 g/mol. The molecule has 3 N–H and O–H groups in total. The van der Waals surface area contributed by atoms with Crippen molar-refractivity contribution in [2.24, 2.45) is 5.73 Å². The summed E-state index contributed by atoms with van der Waals surface area (Å²) in [7, 11) is 1.56. The van der Waals surface area contributed by atoms with Crippen molar-refractivity contribution >= 4 is 11.8 Å². The van der Waals surface area contributed by atoms with Crippen molar-refractivity contribution < 1.29 is 9.59 Å². The van der Waals surface area contributed by atoms with Gasteiger partial charge in [-0.3, -0.25) is 9.59 Å². The molecule has 0 aliphatic heterocycles. The number of amides is 2. The zero-order chi connectivity index (χ0) is 12.6. The Kier molecular flexibility index (Phi) is 7.54. The van der Waals surface area contributed by atoms with Crippen molar-refractivity contribution in [2.75, 3.05) is 20.1 Å². The van der Waals surface area contributed by atoms with Crippen molar-refractivity contribution in [3.63, 3.8) is 0 Å². The SMILES string of the molecule is CCC[C@@H](N)C(=O)N(CCC)CC(=O)NC. The van der Waals surface area contributed by atoms with Crippen LogP contribution in [0, 0.1) is 0 Å². The van der Waals surface area contributed by atoms with Crippen LogP contribution in [0.4, 0.5) is 0 Å². The van der Waals surface area contributed by atoms with Gasteiger partial charge in [0.25, 0.3) is 0 Å². The van der Waals surface area contributed by atoms with Gasteiger partial charge in [0.15, 0.2) is 0 Å². The molecule has 0 saturated heterocycles. The second-order valence-electron chi connectivity index (χ2n) is 3.83. The lowest BCUT2D eigenvalue weighted by Crippen LogP contribution is -2.47. The van der Waals surface area contributed by atoms with Gasteiger partial charge in [0.1, 0.15) is 0 Å². The Balaban J connectivity index is 4.38. The second kappa shape index (κ2) is 8.10. The molecule has 5 nitrogen and oxygen atoms in total. The number of nitrogens with zero attached hydrogens (tertiary/aromatic N) is 1. The quantitative estimate of drug-likeness (QED) is 0.650. The molecule has 0 heterocycles. The maximum absolute atomic E-state index is 11.9. The topological polar surface area (TPSA) is 75.4 Å². The third kappa shape index (κ3) is 5.11. The summed E-state index contributed by atoms with van der Waals surface area (Å²) in [6, 6.07) is -0.485. The molecule has 94 valence electrons. The molecule has 1 atom stereocenters. The summed E-state index contributed by atoms with van der Waals surface area (Å²) in [6.45, 7) is 4.62. The van der Waals surface area contributed by atoms with E-state index in [0.717, 1.165) is 12.8 Å². The smallest absolute Gasteiger partial charge is 0.239 e. The summed E-state index contributed by atoms with van der Waals surface area (Å²) in [5.41, 5.74) is 5.75. The Morgan fingerprint density at radius 3 is 2.38 bits per heavy atom. The lowest BCUT2D eigenvalue weighted by atomic mass is 10.1. The van der Waals surface area contributed by atoms with Gasteiger partial charge < -0.3 is 16.0 Å². The van der Waals surface area contributed by atoms with Gasteiger partial charge in [-0.1, -0.05) is 20.3 Å². The van der Waals surface area contributed by atoms with Crippen LogP contribution in [0.15, 0.2) is 0 Å². The van der Waals surface area contributed by atoms with E-state index in [4.69, 9.17) is 5.73 Å². The number of likely N-dealkylation sites (N-methyl/N-ethyl adjacent to an activating group) is 1. The number of rotatable bonds is 7. The van der Waals surface area contributed by atoms with Crippen molar-refractivity contribution in [1.82, 2.24) is 10.2 Å². The van der Waals surface area contributed by atoms with E-state index in [0.29, 0.717) is 13.0 Å². The van der Waals surface area contributed by atoms with E-state index in [-0.39, 0.29) is 18.4 Å². The summed E-state index contributed by atoms with van der Waals surface area (Å²) >= 11 is 0. The molecule has 0 aromatic heterocycles. The van der Waals surface area contributed by atoms with Gasteiger partial charge in [0, 0.05) is 13.6 Å². The number of carbonyl (C=O) groups is 2. The van der Waals surface area contributed by atoms with Gasteiger partial charge in [0.05, 0.1) is 12.6 Å². The molecule has 0 spiro atoms. The predicted molar refractivity (Wildman–Crippen MR) is 63.8 cm³/mol. The van der Waals surface area contributed by atoms with Crippen LogP contribution in [0.25, 0.3) is 0 Å². The third-order valence-corrected chi connectivity index (χ3v) is 2.34. The molecule has 16 heavy (non-hydrogen) atoms. The summed E-state index contributed by atoms with van der Waals surface area (Å²) in [4.78, 5) is 24.7. The van der Waals surface area contributed by atoms with Crippen LogP contribution in [-0.4, -0.2) is 42.9 Å². The molecule has 0 saturated carbocycles. The fourth-order valence-electron chi connectivity index (χ4n) is 1.46. The van der Waals surface area contributed by atoms with Gasteiger partial charge in [-0.25, -0.2) is 0 Å². The lowest BCUT2D eigenvalue weighted by Gasteiger charge is -2.24. The van der Waals surface area contributed by atoms with Gasteiger partial charge in [0.2, 0.25) is 11.8 Å². The van der Waals surface area contributed by atoms with Gasteiger partial charge in [-0.15, -0.1) is 0 Å². The van der Waals surface area contributed by atoms with E-state index in [9.17, 15) is 9.59 Å². The molecule has 0 rings (SSSR count). The predicted octanol–water partition coefficient (Wildman–Crippen LogP) is 0.0984. The molecule has 2 amide bonds. The van der Waals surface area contributed by atoms with Crippen molar-refractivity contribution in [1.29, 1.82) is 0 Å². The maximum atomic E-state index is 11.9. The Morgan fingerprint density at radius 2 is 1.94 bits per heavy atom. The van der Waals surface area contributed by atoms with Crippen LogP contribution in [0.1, 0.15) is 33.1 Å². The molecular weight excluding hydrogens is 206 g/mol. The largest absolute Gasteiger partial charge is 0.358 e.